The van der Waals surface area contributed by atoms with Crippen LogP contribution < -0.4 is 10.1 Å². The average Bonchev–Trinajstić information content (AvgIpc) is 3.17. The zero-order valence-corrected chi connectivity index (χ0v) is 13.8. The van der Waals surface area contributed by atoms with Gasteiger partial charge in [0.15, 0.2) is 5.13 Å². The highest BCUT2D eigenvalue weighted by atomic mass is 32.1. The molecule has 0 fully saturated rings. The second-order valence-corrected chi connectivity index (χ2v) is 6.89. The molecule has 2 aromatic heterocycles. The molecule has 1 amide bonds. The van der Waals surface area contributed by atoms with Crippen molar-refractivity contribution in [3.05, 3.63) is 53.4 Å². The Balaban J connectivity index is 1.66. The Hall–Kier alpha value is -2.44. The summed E-state index contributed by atoms with van der Waals surface area (Å²) in [6, 6.07) is 13.6. The van der Waals surface area contributed by atoms with Crippen LogP contribution in [0.3, 0.4) is 0 Å². The highest BCUT2D eigenvalue weighted by Gasteiger charge is 2.14. The van der Waals surface area contributed by atoms with E-state index in [-0.39, 0.29) is 5.91 Å². The van der Waals surface area contributed by atoms with Gasteiger partial charge in [0.05, 0.1) is 22.9 Å². The fourth-order valence-corrected chi connectivity index (χ4v) is 4.23. The number of amides is 1. The van der Waals surface area contributed by atoms with Crippen LogP contribution >= 0.6 is 22.7 Å². The lowest BCUT2D eigenvalue weighted by molar-refractivity contribution is 0.102. The van der Waals surface area contributed by atoms with Gasteiger partial charge in [-0.05, 0) is 24.3 Å². The number of hydrogen-bond donors (Lipinski definition) is 1. The minimum atomic E-state index is -0.131. The van der Waals surface area contributed by atoms with E-state index in [1.807, 2.05) is 47.8 Å². The van der Waals surface area contributed by atoms with E-state index in [0.717, 1.165) is 26.1 Å². The summed E-state index contributed by atoms with van der Waals surface area (Å²) in [5.74, 6) is 0.649. The Bertz CT molecular complexity index is 1020. The number of nitrogens with one attached hydrogen (secondary N) is 1. The van der Waals surface area contributed by atoms with Crippen LogP contribution in [-0.4, -0.2) is 18.0 Å². The number of methoxy groups -OCH3 is 1. The van der Waals surface area contributed by atoms with Gasteiger partial charge in [0, 0.05) is 15.5 Å². The van der Waals surface area contributed by atoms with E-state index in [4.69, 9.17) is 4.74 Å². The van der Waals surface area contributed by atoms with Gasteiger partial charge < -0.3 is 4.74 Å². The van der Waals surface area contributed by atoms with Crippen LogP contribution in [0, 0.1) is 0 Å². The molecule has 0 aliphatic heterocycles. The molecular formula is C17H12N2O2S2. The van der Waals surface area contributed by atoms with Crippen LogP contribution in [0.15, 0.2) is 47.8 Å². The van der Waals surface area contributed by atoms with Gasteiger partial charge in [0.1, 0.15) is 5.75 Å². The molecule has 114 valence electrons. The van der Waals surface area contributed by atoms with E-state index in [2.05, 4.69) is 10.3 Å². The molecule has 0 atom stereocenters. The molecular weight excluding hydrogens is 328 g/mol. The summed E-state index contributed by atoms with van der Waals surface area (Å²) in [6.07, 6.45) is 0. The maximum atomic E-state index is 12.5. The molecule has 0 bridgehead atoms. The molecule has 1 N–H and O–H groups in total. The van der Waals surface area contributed by atoms with Gasteiger partial charge in [0.25, 0.3) is 5.91 Å². The molecule has 2 heterocycles. The number of aromatic nitrogens is 1. The molecule has 23 heavy (non-hydrogen) atoms. The topological polar surface area (TPSA) is 51.2 Å². The smallest absolute Gasteiger partial charge is 0.258 e. The van der Waals surface area contributed by atoms with Crippen LogP contribution in [0.1, 0.15) is 10.4 Å². The second-order valence-electron chi connectivity index (χ2n) is 4.95. The third-order valence-electron chi connectivity index (χ3n) is 3.54. The maximum absolute atomic E-state index is 12.5. The quantitative estimate of drug-likeness (QED) is 0.584. The lowest BCUT2D eigenvalue weighted by Crippen LogP contribution is -2.10. The zero-order chi connectivity index (χ0) is 15.8. The number of rotatable bonds is 3. The minimum Gasteiger partial charge on any atom is -0.497 e. The predicted octanol–water partition coefficient (Wildman–Crippen LogP) is 4.77. The van der Waals surface area contributed by atoms with Crippen molar-refractivity contribution in [2.24, 2.45) is 0 Å². The van der Waals surface area contributed by atoms with E-state index >= 15 is 0 Å². The molecule has 0 saturated heterocycles. The van der Waals surface area contributed by atoms with Crippen LogP contribution in [0.5, 0.6) is 5.75 Å². The first-order valence-corrected chi connectivity index (χ1v) is 8.66. The molecule has 0 unspecified atom stereocenters. The number of anilines is 1. The summed E-state index contributed by atoms with van der Waals surface area (Å²) in [6.45, 7) is 0. The van der Waals surface area contributed by atoms with Crippen molar-refractivity contribution >= 4 is 54.0 Å². The van der Waals surface area contributed by atoms with E-state index < -0.39 is 0 Å². The fourth-order valence-electron chi connectivity index (χ4n) is 2.40. The van der Waals surface area contributed by atoms with Crippen LogP contribution in [-0.2, 0) is 0 Å². The van der Waals surface area contributed by atoms with Gasteiger partial charge in [-0.15, -0.1) is 11.3 Å². The standard InChI is InChI=1S/C17H12N2O2S2/c1-21-10-6-7-13-15(8-10)23-17(18-13)19-16(20)12-9-22-14-5-3-2-4-11(12)14/h2-9H,1H3,(H,18,19,20). The Kier molecular flexibility index (Phi) is 3.48. The summed E-state index contributed by atoms with van der Waals surface area (Å²) >= 11 is 3.01. The van der Waals surface area contributed by atoms with Gasteiger partial charge in [-0.2, -0.15) is 0 Å². The van der Waals surface area contributed by atoms with Crippen LogP contribution in [0.2, 0.25) is 0 Å². The third-order valence-corrected chi connectivity index (χ3v) is 5.44. The largest absolute Gasteiger partial charge is 0.497 e. The van der Waals surface area contributed by atoms with E-state index in [0.29, 0.717) is 10.7 Å². The highest BCUT2D eigenvalue weighted by Crippen LogP contribution is 2.31. The first kappa shape index (κ1) is 14.2. The van der Waals surface area contributed by atoms with Crippen molar-refractivity contribution in [3.63, 3.8) is 0 Å². The zero-order valence-electron chi connectivity index (χ0n) is 12.2. The Labute approximate surface area is 140 Å². The molecule has 0 saturated carbocycles. The van der Waals surface area contributed by atoms with E-state index in [9.17, 15) is 4.79 Å². The first-order valence-electron chi connectivity index (χ1n) is 6.97. The molecule has 0 spiro atoms. The number of carbonyl (C=O) groups is 1. The van der Waals surface area contributed by atoms with Crippen molar-refractivity contribution in [2.75, 3.05) is 12.4 Å². The maximum Gasteiger partial charge on any atom is 0.258 e. The summed E-state index contributed by atoms with van der Waals surface area (Å²) < 4.78 is 7.30. The molecule has 6 heteroatoms. The fraction of sp³-hybridized carbons (Fsp3) is 0.0588. The summed E-state index contributed by atoms with van der Waals surface area (Å²) in [5, 5.41) is 6.34. The SMILES string of the molecule is COc1ccc2nc(NC(=O)c3csc4ccccc34)sc2c1. The average molecular weight is 340 g/mol. The lowest BCUT2D eigenvalue weighted by Gasteiger charge is -1.99. The van der Waals surface area contributed by atoms with Gasteiger partial charge in [-0.25, -0.2) is 4.98 Å². The van der Waals surface area contributed by atoms with Crippen molar-refractivity contribution in [2.45, 2.75) is 0 Å². The minimum absolute atomic E-state index is 0.131. The van der Waals surface area contributed by atoms with Crippen LogP contribution in [0.25, 0.3) is 20.3 Å². The summed E-state index contributed by atoms with van der Waals surface area (Å²) in [5.41, 5.74) is 1.53. The second kappa shape index (κ2) is 5.64. The van der Waals surface area contributed by atoms with Crippen molar-refractivity contribution in [1.29, 1.82) is 0 Å². The van der Waals surface area contributed by atoms with Crippen molar-refractivity contribution in [3.8, 4) is 5.75 Å². The molecule has 2 aromatic carbocycles. The number of nitrogens with zero attached hydrogens (tertiary/aromatic N) is 1. The Morgan fingerprint density at radius 2 is 2.04 bits per heavy atom. The van der Waals surface area contributed by atoms with Gasteiger partial charge in [0.2, 0.25) is 0 Å². The monoisotopic (exact) mass is 340 g/mol. The van der Waals surface area contributed by atoms with Gasteiger partial charge in [-0.3, -0.25) is 10.1 Å². The normalized spacial score (nSPS) is 11.0. The third kappa shape index (κ3) is 2.56. The van der Waals surface area contributed by atoms with Gasteiger partial charge >= 0.3 is 0 Å². The number of thiophene rings is 1. The lowest BCUT2D eigenvalue weighted by atomic mass is 10.2. The molecule has 4 aromatic rings. The molecule has 4 rings (SSSR count). The molecule has 0 aliphatic rings. The number of carbonyl (C=O) groups excluding carboxylic acids is 1. The molecule has 0 radical (unpaired) electrons. The summed E-state index contributed by atoms with van der Waals surface area (Å²) in [7, 11) is 1.63. The Morgan fingerprint density at radius 3 is 2.91 bits per heavy atom. The highest BCUT2D eigenvalue weighted by molar-refractivity contribution is 7.22. The van der Waals surface area contributed by atoms with E-state index in [1.165, 1.54) is 11.3 Å². The number of fused-ring (bicyclic) bond motifs is 2. The van der Waals surface area contributed by atoms with Crippen LogP contribution in [0.4, 0.5) is 5.13 Å². The predicted molar refractivity (Wildman–Crippen MR) is 96.0 cm³/mol. The van der Waals surface area contributed by atoms with Crippen molar-refractivity contribution < 1.29 is 9.53 Å². The first-order chi connectivity index (χ1) is 11.2. The summed E-state index contributed by atoms with van der Waals surface area (Å²) in [4.78, 5) is 17.0. The Morgan fingerprint density at radius 1 is 1.17 bits per heavy atom. The molecule has 0 aliphatic carbocycles. The number of ether oxygens (including phenoxy) is 1. The number of thiazole rings is 1. The number of benzene rings is 2. The van der Waals surface area contributed by atoms with Crippen molar-refractivity contribution in [1.82, 2.24) is 4.98 Å². The molecule has 4 nitrogen and oxygen atoms in total. The van der Waals surface area contributed by atoms with Gasteiger partial charge in [-0.1, -0.05) is 29.5 Å². The number of hydrogen-bond acceptors (Lipinski definition) is 5. The van der Waals surface area contributed by atoms with E-state index in [1.54, 1.807) is 18.4 Å².